The van der Waals surface area contributed by atoms with E-state index < -0.39 is 0 Å². The molecule has 2 atom stereocenters. The minimum absolute atomic E-state index is 0.474. The van der Waals surface area contributed by atoms with E-state index in [9.17, 15) is 0 Å². The van der Waals surface area contributed by atoms with Gasteiger partial charge in [-0.3, -0.25) is 0 Å². The van der Waals surface area contributed by atoms with Crippen LogP contribution in [0.25, 0.3) is 0 Å². The van der Waals surface area contributed by atoms with Crippen LogP contribution in [-0.4, -0.2) is 19.8 Å². The van der Waals surface area contributed by atoms with Crippen molar-refractivity contribution in [1.29, 1.82) is 0 Å². The van der Waals surface area contributed by atoms with Gasteiger partial charge in [0.05, 0.1) is 0 Å². The molecule has 0 amide bonds. The average molecular weight is 143 g/mol. The third-order valence-corrected chi connectivity index (χ3v) is 2.31. The zero-order valence-corrected chi connectivity index (χ0v) is 6.68. The van der Waals surface area contributed by atoms with E-state index in [0.29, 0.717) is 6.04 Å². The molecule has 1 aliphatic carbocycles. The maximum absolute atomic E-state index is 5.76. The standard InChI is InChI=1S/C8H17NO/c1-10-5-4-7-2-3-8(9)6-7/h7-8H,2-6,9H2,1H3/t7-,8?/m1/s1. The number of nitrogens with two attached hydrogens (primary N) is 1. The maximum Gasteiger partial charge on any atom is 0.0464 e. The summed E-state index contributed by atoms with van der Waals surface area (Å²) in [5, 5.41) is 0. The highest BCUT2D eigenvalue weighted by atomic mass is 16.5. The molecular formula is C8H17NO. The summed E-state index contributed by atoms with van der Waals surface area (Å²) >= 11 is 0. The normalized spacial score (nSPS) is 33.0. The number of hydrogen-bond acceptors (Lipinski definition) is 2. The molecule has 0 aromatic heterocycles. The Morgan fingerprint density at radius 2 is 2.30 bits per heavy atom. The molecule has 1 fully saturated rings. The first-order valence-corrected chi connectivity index (χ1v) is 4.07. The van der Waals surface area contributed by atoms with E-state index >= 15 is 0 Å². The topological polar surface area (TPSA) is 35.2 Å². The Morgan fingerprint density at radius 1 is 1.50 bits per heavy atom. The minimum Gasteiger partial charge on any atom is -0.385 e. The van der Waals surface area contributed by atoms with Crippen molar-refractivity contribution in [3.8, 4) is 0 Å². The third kappa shape index (κ3) is 2.27. The Hall–Kier alpha value is -0.0800. The quantitative estimate of drug-likeness (QED) is 0.643. The Bertz CT molecular complexity index is 95.3. The van der Waals surface area contributed by atoms with Crippen LogP contribution in [0.2, 0.25) is 0 Å². The van der Waals surface area contributed by atoms with E-state index in [4.69, 9.17) is 10.5 Å². The molecule has 0 heterocycles. The molecule has 60 valence electrons. The molecule has 1 rings (SSSR count). The summed E-state index contributed by atoms with van der Waals surface area (Å²) in [6.45, 7) is 0.900. The van der Waals surface area contributed by atoms with E-state index in [1.807, 2.05) is 0 Å². The summed E-state index contributed by atoms with van der Waals surface area (Å²) in [7, 11) is 1.76. The van der Waals surface area contributed by atoms with Gasteiger partial charge >= 0.3 is 0 Å². The predicted molar refractivity (Wildman–Crippen MR) is 41.8 cm³/mol. The van der Waals surface area contributed by atoms with Crippen LogP contribution in [0.3, 0.4) is 0 Å². The largest absolute Gasteiger partial charge is 0.385 e. The van der Waals surface area contributed by atoms with Crippen LogP contribution in [0, 0.1) is 5.92 Å². The van der Waals surface area contributed by atoms with E-state index in [-0.39, 0.29) is 0 Å². The number of methoxy groups -OCH3 is 1. The second-order valence-corrected chi connectivity index (χ2v) is 3.22. The van der Waals surface area contributed by atoms with Gasteiger partial charge in [0.15, 0.2) is 0 Å². The smallest absolute Gasteiger partial charge is 0.0464 e. The summed E-state index contributed by atoms with van der Waals surface area (Å²) in [5.41, 5.74) is 5.76. The first-order valence-electron chi connectivity index (χ1n) is 4.07. The van der Waals surface area contributed by atoms with E-state index in [1.165, 1.54) is 25.7 Å². The summed E-state index contributed by atoms with van der Waals surface area (Å²) in [6, 6.07) is 0.474. The molecule has 0 spiro atoms. The summed E-state index contributed by atoms with van der Waals surface area (Å²) in [6.07, 6.45) is 4.94. The molecule has 0 aromatic rings. The van der Waals surface area contributed by atoms with Gasteiger partial charge in [-0.15, -0.1) is 0 Å². The van der Waals surface area contributed by atoms with Crippen molar-refractivity contribution in [1.82, 2.24) is 0 Å². The molecule has 0 saturated heterocycles. The maximum atomic E-state index is 5.76. The van der Waals surface area contributed by atoms with Crippen LogP contribution in [0.1, 0.15) is 25.7 Å². The predicted octanol–water partition coefficient (Wildman–Crippen LogP) is 1.15. The molecule has 2 heteroatoms. The highest BCUT2D eigenvalue weighted by molar-refractivity contribution is 4.77. The second kappa shape index (κ2) is 3.94. The zero-order chi connectivity index (χ0) is 7.40. The molecule has 0 aliphatic heterocycles. The molecule has 10 heavy (non-hydrogen) atoms. The van der Waals surface area contributed by atoms with Crippen LogP contribution < -0.4 is 5.73 Å². The average Bonchev–Trinajstić information content (AvgIpc) is 2.31. The molecule has 0 radical (unpaired) electrons. The van der Waals surface area contributed by atoms with Crippen LogP contribution in [0.4, 0.5) is 0 Å². The van der Waals surface area contributed by atoms with E-state index in [0.717, 1.165) is 12.5 Å². The lowest BCUT2D eigenvalue weighted by molar-refractivity contribution is 0.178. The molecule has 0 aromatic carbocycles. The van der Waals surface area contributed by atoms with Crippen molar-refractivity contribution in [3.63, 3.8) is 0 Å². The van der Waals surface area contributed by atoms with Crippen LogP contribution >= 0.6 is 0 Å². The van der Waals surface area contributed by atoms with Crippen molar-refractivity contribution in [2.75, 3.05) is 13.7 Å². The van der Waals surface area contributed by atoms with Crippen molar-refractivity contribution in [2.45, 2.75) is 31.7 Å². The molecule has 1 unspecified atom stereocenters. The number of ether oxygens (including phenoxy) is 1. The third-order valence-electron chi connectivity index (χ3n) is 2.31. The molecule has 2 nitrogen and oxygen atoms in total. The molecular weight excluding hydrogens is 126 g/mol. The molecule has 2 N–H and O–H groups in total. The lowest BCUT2D eigenvalue weighted by Gasteiger charge is -2.06. The molecule has 0 bridgehead atoms. The van der Waals surface area contributed by atoms with Crippen molar-refractivity contribution in [2.24, 2.45) is 11.7 Å². The molecule has 1 saturated carbocycles. The number of hydrogen-bond donors (Lipinski definition) is 1. The van der Waals surface area contributed by atoms with Crippen molar-refractivity contribution < 1.29 is 4.74 Å². The zero-order valence-electron chi connectivity index (χ0n) is 6.68. The Kier molecular flexibility index (Phi) is 3.16. The van der Waals surface area contributed by atoms with Crippen molar-refractivity contribution >= 4 is 0 Å². The van der Waals surface area contributed by atoms with Gasteiger partial charge in [0.1, 0.15) is 0 Å². The summed E-state index contributed by atoms with van der Waals surface area (Å²) in [5.74, 6) is 0.843. The fourth-order valence-corrected chi connectivity index (χ4v) is 1.66. The fourth-order valence-electron chi connectivity index (χ4n) is 1.66. The second-order valence-electron chi connectivity index (χ2n) is 3.22. The Morgan fingerprint density at radius 3 is 2.80 bits per heavy atom. The monoisotopic (exact) mass is 143 g/mol. The lowest BCUT2D eigenvalue weighted by Crippen LogP contribution is -2.15. The highest BCUT2D eigenvalue weighted by Crippen LogP contribution is 2.26. The van der Waals surface area contributed by atoms with Crippen LogP contribution in [-0.2, 0) is 4.74 Å². The summed E-state index contributed by atoms with van der Waals surface area (Å²) in [4.78, 5) is 0. The van der Waals surface area contributed by atoms with Gasteiger partial charge in [0.2, 0.25) is 0 Å². The molecule has 1 aliphatic rings. The lowest BCUT2D eigenvalue weighted by atomic mass is 10.0. The van der Waals surface area contributed by atoms with Crippen molar-refractivity contribution in [3.05, 3.63) is 0 Å². The van der Waals surface area contributed by atoms with Gasteiger partial charge in [-0.05, 0) is 31.6 Å². The minimum atomic E-state index is 0.474. The van der Waals surface area contributed by atoms with Crippen LogP contribution in [0.15, 0.2) is 0 Å². The van der Waals surface area contributed by atoms with Crippen LogP contribution in [0.5, 0.6) is 0 Å². The van der Waals surface area contributed by atoms with Gasteiger partial charge in [0.25, 0.3) is 0 Å². The first kappa shape index (κ1) is 8.02. The van der Waals surface area contributed by atoms with Gasteiger partial charge < -0.3 is 10.5 Å². The Labute approximate surface area is 62.7 Å². The van der Waals surface area contributed by atoms with E-state index in [1.54, 1.807) is 7.11 Å². The summed E-state index contributed by atoms with van der Waals surface area (Å²) < 4.78 is 5.00. The van der Waals surface area contributed by atoms with E-state index in [2.05, 4.69) is 0 Å². The van der Waals surface area contributed by atoms with Gasteiger partial charge in [0, 0.05) is 19.8 Å². The fraction of sp³-hybridized carbons (Fsp3) is 1.00. The van der Waals surface area contributed by atoms with Gasteiger partial charge in [-0.1, -0.05) is 0 Å². The highest BCUT2D eigenvalue weighted by Gasteiger charge is 2.20. The SMILES string of the molecule is COCC[C@H]1CCC(N)C1. The van der Waals surface area contributed by atoms with Gasteiger partial charge in [-0.25, -0.2) is 0 Å². The number of rotatable bonds is 3. The van der Waals surface area contributed by atoms with Gasteiger partial charge in [-0.2, -0.15) is 0 Å². The Balaban J connectivity index is 2.06. The first-order chi connectivity index (χ1) is 4.83.